The number of aliphatic hydroxyl groups is 1. The van der Waals surface area contributed by atoms with E-state index in [9.17, 15) is 9.90 Å². The first kappa shape index (κ1) is 17.7. The molecular weight excluding hydrogens is 312 g/mol. The Morgan fingerprint density at radius 3 is 2.68 bits per heavy atom. The van der Waals surface area contributed by atoms with Crippen LogP contribution in [0.5, 0.6) is 0 Å². The maximum absolute atomic E-state index is 12.2. The number of ketones is 1. The van der Waals surface area contributed by atoms with Gasteiger partial charge in [0.05, 0.1) is 12.2 Å². The molecule has 3 fully saturated rings. The van der Waals surface area contributed by atoms with E-state index in [1.807, 2.05) is 0 Å². The Hall–Kier alpha value is -0.670. The van der Waals surface area contributed by atoms with Gasteiger partial charge in [-0.25, -0.2) is 0 Å². The summed E-state index contributed by atoms with van der Waals surface area (Å²) >= 11 is 0. The highest BCUT2D eigenvalue weighted by Gasteiger charge is 2.60. The average Bonchev–Trinajstić information content (AvgIpc) is 2.92. The molecule has 0 spiro atoms. The normalized spacial score (nSPS) is 52.0. The van der Waals surface area contributed by atoms with E-state index in [0.717, 1.165) is 25.7 Å². The van der Waals surface area contributed by atoms with Gasteiger partial charge in [0.1, 0.15) is 5.78 Å². The fourth-order valence-electron chi connectivity index (χ4n) is 7.57. The number of rotatable bonds is 2. The van der Waals surface area contributed by atoms with Crippen molar-refractivity contribution in [3.63, 3.8) is 0 Å². The van der Waals surface area contributed by atoms with Crippen LogP contribution in [-0.4, -0.2) is 30.2 Å². The molecule has 8 atom stereocenters. The Labute approximate surface area is 152 Å². The van der Waals surface area contributed by atoms with E-state index in [0.29, 0.717) is 23.5 Å². The first-order valence-corrected chi connectivity index (χ1v) is 10.2. The van der Waals surface area contributed by atoms with Crippen molar-refractivity contribution in [2.24, 2.45) is 34.5 Å². The van der Waals surface area contributed by atoms with Gasteiger partial charge in [-0.15, -0.1) is 0 Å². The van der Waals surface area contributed by atoms with Gasteiger partial charge >= 0.3 is 0 Å². The summed E-state index contributed by atoms with van der Waals surface area (Å²) < 4.78 is 5.63. The molecule has 4 aliphatic carbocycles. The molecule has 4 unspecified atom stereocenters. The lowest BCUT2D eigenvalue weighted by Crippen LogP contribution is -2.53. The second-order valence-electron chi connectivity index (χ2n) is 9.79. The lowest BCUT2D eigenvalue weighted by molar-refractivity contribution is -0.129. The zero-order valence-electron chi connectivity index (χ0n) is 16.3. The van der Waals surface area contributed by atoms with Crippen LogP contribution in [0.1, 0.15) is 65.7 Å². The fraction of sp³-hybridized carbons (Fsp3) is 0.864. The molecule has 0 aromatic rings. The van der Waals surface area contributed by atoms with E-state index in [1.54, 1.807) is 14.0 Å². The standard InChI is InChI=1S/C22H34O3/c1-13(23)16-7-8-17-15-6-5-14-11-19(24)20(25-4)12-22(14,3)18(15)9-10-21(16,17)2/h5,15-20,24H,6-12H2,1-4H3/t15?,16-,17?,18?,19+,20?,21-,22+/m1/s1. The molecule has 0 radical (unpaired) electrons. The molecule has 4 aliphatic rings. The third-order valence-corrected chi connectivity index (χ3v) is 8.90. The summed E-state index contributed by atoms with van der Waals surface area (Å²) in [6.07, 6.45) is 9.63. The summed E-state index contributed by atoms with van der Waals surface area (Å²) in [5.74, 6) is 2.74. The molecule has 4 rings (SSSR count). The second kappa shape index (κ2) is 5.92. The van der Waals surface area contributed by atoms with Gasteiger partial charge < -0.3 is 9.84 Å². The van der Waals surface area contributed by atoms with E-state index in [-0.39, 0.29) is 29.0 Å². The van der Waals surface area contributed by atoms with E-state index in [4.69, 9.17) is 4.74 Å². The highest BCUT2D eigenvalue weighted by atomic mass is 16.5. The van der Waals surface area contributed by atoms with Crippen molar-refractivity contribution >= 4 is 5.78 Å². The Bertz CT molecular complexity index is 596. The number of fused-ring (bicyclic) bond motifs is 5. The molecule has 3 heteroatoms. The molecule has 140 valence electrons. The van der Waals surface area contributed by atoms with E-state index in [1.165, 1.54) is 24.8 Å². The molecule has 3 saturated carbocycles. The summed E-state index contributed by atoms with van der Waals surface area (Å²) in [6, 6.07) is 0. The number of hydrogen-bond donors (Lipinski definition) is 1. The van der Waals surface area contributed by atoms with Gasteiger partial charge in [-0.3, -0.25) is 4.79 Å². The van der Waals surface area contributed by atoms with Crippen LogP contribution in [0.4, 0.5) is 0 Å². The van der Waals surface area contributed by atoms with Crippen molar-refractivity contribution in [1.29, 1.82) is 0 Å². The molecule has 0 aromatic carbocycles. The second-order valence-corrected chi connectivity index (χ2v) is 9.79. The van der Waals surface area contributed by atoms with E-state index >= 15 is 0 Å². The maximum atomic E-state index is 12.2. The van der Waals surface area contributed by atoms with Crippen LogP contribution in [0.25, 0.3) is 0 Å². The predicted molar refractivity (Wildman–Crippen MR) is 98.1 cm³/mol. The van der Waals surface area contributed by atoms with Crippen molar-refractivity contribution in [2.45, 2.75) is 77.9 Å². The molecule has 0 heterocycles. The van der Waals surface area contributed by atoms with E-state index < -0.39 is 0 Å². The minimum absolute atomic E-state index is 0.0391. The first-order chi connectivity index (χ1) is 11.8. The van der Waals surface area contributed by atoms with Gasteiger partial charge in [-0.05, 0) is 80.5 Å². The monoisotopic (exact) mass is 346 g/mol. The molecule has 0 saturated heterocycles. The predicted octanol–water partition coefficient (Wildman–Crippen LogP) is 4.14. The third kappa shape index (κ3) is 2.41. The van der Waals surface area contributed by atoms with Crippen molar-refractivity contribution in [3.8, 4) is 0 Å². The molecule has 1 N–H and O–H groups in total. The first-order valence-electron chi connectivity index (χ1n) is 10.2. The summed E-state index contributed by atoms with van der Waals surface area (Å²) in [5, 5.41) is 10.4. The molecular formula is C22H34O3. The Kier molecular flexibility index (Phi) is 4.20. The number of aliphatic hydroxyl groups excluding tert-OH is 1. The summed E-state index contributed by atoms with van der Waals surface area (Å²) in [6.45, 7) is 6.63. The molecule has 0 aliphatic heterocycles. The SMILES string of the molecule is COC1C[C@@]2(C)C(=CCC3C2CC[C@@]2(C)C3CC[C@@H]2C(C)=O)C[C@@H]1O. The van der Waals surface area contributed by atoms with Gasteiger partial charge in [0.2, 0.25) is 0 Å². The lowest BCUT2D eigenvalue weighted by atomic mass is 9.47. The number of methoxy groups -OCH3 is 1. The zero-order chi connectivity index (χ0) is 18.0. The van der Waals surface area contributed by atoms with Crippen LogP contribution in [0, 0.1) is 34.5 Å². The van der Waals surface area contributed by atoms with Crippen LogP contribution >= 0.6 is 0 Å². The highest BCUT2D eigenvalue weighted by Crippen LogP contribution is 2.66. The fourth-order valence-corrected chi connectivity index (χ4v) is 7.57. The van der Waals surface area contributed by atoms with Crippen molar-refractivity contribution in [3.05, 3.63) is 11.6 Å². The maximum Gasteiger partial charge on any atom is 0.133 e. The van der Waals surface area contributed by atoms with Crippen LogP contribution in [0.15, 0.2) is 11.6 Å². The van der Waals surface area contributed by atoms with E-state index in [2.05, 4.69) is 19.9 Å². The van der Waals surface area contributed by atoms with Crippen LogP contribution < -0.4 is 0 Å². The lowest BCUT2D eigenvalue weighted by Gasteiger charge is -2.58. The van der Waals surface area contributed by atoms with Crippen molar-refractivity contribution < 1.29 is 14.6 Å². The van der Waals surface area contributed by atoms with Gasteiger partial charge in [-0.2, -0.15) is 0 Å². The number of ether oxygens (including phenoxy) is 1. The van der Waals surface area contributed by atoms with Crippen LogP contribution in [0.2, 0.25) is 0 Å². The zero-order valence-corrected chi connectivity index (χ0v) is 16.3. The molecule has 25 heavy (non-hydrogen) atoms. The summed E-state index contributed by atoms with van der Waals surface area (Å²) in [4.78, 5) is 12.2. The summed E-state index contributed by atoms with van der Waals surface area (Å²) in [5.41, 5.74) is 1.85. The number of hydrogen-bond acceptors (Lipinski definition) is 3. The molecule has 0 bridgehead atoms. The van der Waals surface area contributed by atoms with Crippen LogP contribution in [-0.2, 0) is 9.53 Å². The van der Waals surface area contributed by atoms with Gasteiger partial charge in [-0.1, -0.05) is 25.5 Å². The van der Waals surface area contributed by atoms with Crippen molar-refractivity contribution in [1.82, 2.24) is 0 Å². The van der Waals surface area contributed by atoms with Gasteiger partial charge in [0, 0.05) is 13.0 Å². The highest BCUT2D eigenvalue weighted by molar-refractivity contribution is 5.79. The topological polar surface area (TPSA) is 46.5 Å². The Balaban J connectivity index is 1.66. The van der Waals surface area contributed by atoms with Gasteiger partial charge in [0.15, 0.2) is 0 Å². The number of carbonyl (C=O) groups is 1. The molecule has 0 amide bonds. The smallest absolute Gasteiger partial charge is 0.133 e. The number of allylic oxidation sites excluding steroid dienone is 1. The van der Waals surface area contributed by atoms with Crippen molar-refractivity contribution in [2.75, 3.05) is 7.11 Å². The largest absolute Gasteiger partial charge is 0.390 e. The summed E-state index contributed by atoms with van der Waals surface area (Å²) in [7, 11) is 1.73. The average molecular weight is 347 g/mol. The minimum atomic E-state index is -0.358. The number of Topliss-reactive ketones (excluding diaryl/α,β-unsaturated/α-hetero) is 1. The minimum Gasteiger partial charge on any atom is -0.390 e. The quantitative estimate of drug-likeness (QED) is 0.764. The Morgan fingerprint density at radius 1 is 1.24 bits per heavy atom. The van der Waals surface area contributed by atoms with Gasteiger partial charge in [0.25, 0.3) is 0 Å². The third-order valence-electron chi connectivity index (χ3n) is 8.90. The van der Waals surface area contributed by atoms with Crippen LogP contribution in [0.3, 0.4) is 0 Å². The molecule has 0 aromatic heterocycles. The molecule has 3 nitrogen and oxygen atoms in total. The Morgan fingerprint density at radius 2 is 2.00 bits per heavy atom. The number of carbonyl (C=O) groups excluding carboxylic acids is 1.